The molecule has 0 amide bonds. The molecule has 0 radical (unpaired) electrons. The Morgan fingerprint density at radius 1 is 1.25 bits per heavy atom. The quantitative estimate of drug-likeness (QED) is 0.800. The van der Waals surface area contributed by atoms with Crippen molar-refractivity contribution >= 4 is 10.8 Å². The molecule has 2 atom stereocenters. The van der Waals surface area contributed by atoms with Crippen molar-refractivity contribution in [2.75, 3.05) is 25.1 Å². The van der Waals surface area contributed by atoms with Crippen LogP contribution < -0.4 is 0 Å². The molecule has 0 bridgehead atoms. The number of hydrogen-bond acceptors (Lipinski definition) is 2. The summed E-state index contributed by atoms with van der Waals surface area (Å²) in [5.41, 5.74) is 1.31. The third-order valence-corrected chi connectivity index (χ3v) is 3.94. The molecule has 0 N–H and O–H groups in total. The van der Waals surface area contributed by atoms with Crippen LogP contribution in [0.5, 0.6) is 0 Å². The summed E-state index contributed by atoms with van der Waals surface area (Å²) in [7, 11) is -0.734. The Morgan fingerprint density at radius 2 is 1.88 bits per heavy atom. The van der Waals surface area contributed by atoms with Crippen LogP contribution in [0.15, 0.2) is 30.3 Å². The fourth-order valence-electron chi connectivity index (χ4n) is 2.36. The molecule has 16 heavy (non-hydrogen) atoms. The normalized spacial score (nSPS) is 20.8. The van der Waals surface area contributed by atoms with E-state index >= 15 is 0 Å². The second-order valence-corrected chi connectivity index (χ2v) is 5.89. The highest BCUT2D eigenvalue weighted by Gasteiger charge is 2.23. The molecule has 3 heteroatoms. The maximum absolute atomic E-state index is 11.5. The lowest BCUT2D eigenvalue weighted by molar-refractivity contribution is 0.266. The molecule has 0 saturated carbocycles. The minimum atomic E-state index is -0.734. The van der Waals surface area contributed by atoms with Crippen LogP contribution in [0.1, 0.15) is 24.4 Å². The van der Waals surface area contributed by atoms with Gasteiger partial charge in [0.2, 0.25) is 0 Å². The lowest BCUT2D eigenvalue weighted by Crippen LogP contribution is -2.29. The molecular weight excluding hydrogens is 218 g/mol. The average Bonchev–Trinajstić information content (AvgIpc) is 2.80. The van der Waals surface area contributed by atoms with Crippen molar-refractivity contribution in [3.63, 3.8) is 0 Å². The average molecular weight is 237 g/mol. The molecule has 2 rings (SSSR count). The van der Waals surface area contributed by atoms with Crippen LogP contribution in [0.2, 0.25) is 0 Å². The molecule has 2 nitrogen and oxygen atoms in total. The number of likely N-dealkylation sites (tertiary alicyclic amines) is 1. The van der Waals surface area contributed by atoms with E-state index in [0.717, 1.165) is 18.8 Å². The van der Waals surface area contributed by atoms with Gasteiger partial charge in [0.05, 0.1) is 0 Å². The minimum Gasteiger partial charge on any atom is -0.295 e. The van der Waals surface area contributed by atoms with Gasteiger partial charge in [0.1, 0.15) is 0 Å². The molecule has 1 aliphatic rings. The summed E-state index contributed by atoms with van der Waals surface area (Å²) in [6.07, 6.45) is 4.35. The molecular formula is C13H19NOS. The summed E-state index contributed by atoms with van der Waals surface area (Å²) < 4.78 is 11.5. The van der Waals surface area contributed by atoms with Crippen LogP contribution in [0.3, 0.4) is 0 Å². The summed E-state index contributed by atoms with van der Waals surface area (Å²) in [5, 5.41) is 0. The molecule has 0 spiro atoms. The summed E-state index contributed by atoms with van der Waals surface area (Å²) in [5.74, 6) is 0.754. The zero-order valence-electron chi connectivity index (χ0n) is 9.76. The van der Waals surface area contributed by atoms with Crippen LogP contribution in [0.25, 0.3) is 0 Å². The number of rotatable bonds is 4. The van der Waals surface area contributed by atoms with Crippen LogP contribution in [0.4, 0.5) is 0 Å². The van der Waals surface area contributed by atoms with Crippen molar-refractivity contribution in [2.24, 2.45) is 0 Å². The lowest BCUT2D eigenvalue weighted by atomic mass is 10.1. The fourth-order valence-corrected chi connectivity index (χ4v) is 3.21. The van der Waals surface area contributed by atoms with Crippen LogP contribution in [-0.4, -0.2) is 34.2 Å². The van der Waals surface area contributed by atoms with Gasteiger partial charge in [0.15, 0.2) is 0 Å². The maximum Gasteiger partial charge on any atom is 0.0463 e. The maximum atomic E-state index is 11.5. The monoisotopic (exact) mass is 237 g/mol. The fraction of sp³-hybridized carbons (Fsp3) is 0.538. The second kappa shape index (κ2) is 5.60. The van der Waals surface area contributed by atoms with Gasteiger partial charge in [0, 0.05) is 28.9 Å². The van der Waals surface area contributed by atoms with E-state index in [1.807, 2.05) is 6.07 Å². The molecule has 1 aromatic carbocycles. The van der Waals surface area contributed by atoms with E-state index in [0.29, 0.717) is 6.04 Å². The Kier molecular flexibility index (Phi) is 4.13. The van der Waals surface area contributed by atoms with Crippen molar-refractivity contribution < 1.29 is 4.21 Å². The van der Waals surface area contributed by atoms with E-state index < -0.39 is 10.8 Å². The molecule has 1 aromatic rings. The molecule has 1 saturated heterocycles. The lowest BCUT2D eigenvalue weighted by Gasteiger charge is -2.27. The first-order valence-corrected chi connectivity index (χ1v) is 7.59. The molecule has 0 aliphatic carbocycles. The predicted octanol–water partition coefficient (Wildman–Crippen LogP) is 2.20. The van der Waals surface area contributed by atoms with Crippen molar-refractivity contribution in [2.45, 2.75) is 18.9 Å². The van der Waals surface area contributed by atoms with E-state index in [4.69, 9.17) is 0 Å². The molecule has 1 aliphatic heterocycles. The van der Waals surface area contributed by atoms with Crippen molar-refractivity contribution in [1.29, 1.82) is 0 Å². The third kappa shape index (κ3) is 2.92. The van der Waals surface area contributed by atoms with Crippen molar-refractivity contribution in [1.82, 2.24) is 4.90 Å². The van der Waals surface area contributed by atoms with E-state index in [1.165, 1.54) is 18.4 Å². The molecule has 88 valence electrons. The Balaban J connectivity index is 2.16. The second-order valence-electron chi connectivity index (χ2n) is 4.41. The van der Waals surface area contributed by atoms with Crippen LogP contribution >= 0.6 is 0 Å². The van der Waals surface area contributed by atoms with Gasteiger partial charge in [-0.25, -0.2) is 0 Å². The van der Waals surface area contributed by atoms with Crippen LogP contribution in [-0.2, 0) is 10.8 Å². The number of nitrogens with zero attached hydrogens (tertiary/aromatic N) is 1. The number of benzene rings is 1. The SMILES string of the molecule is C[S@](=O)C[C@@H](c1ccccc1)N1CCCC1. The van der Waals surface area contributed by atoms with E-state index in [-0.39, 0.29) is 0 Å². The van der Waals surface area contributed by atoms with Gasteiger partial charge in [-0.3, -0.25) is 9.11 Å². The summed E-state index contributed by atoms with van der Waals surface area (Å²) in [4.78, 5) is 2.47. The zero-order chi connectivity index (χ0) is 11.4. The highest BCUT2D eigenvalue weighted by Crippen LogP contribution is 2.25. The summed E-state index contributed by atoms with van der Waals surface area (Å²) >= 11 is 0. The van der Waals surface area contributed by atoms with Crippen LogP contribution in [0, 0.1) is 0 Å². The zero-order valence-corrected chi connectivity index (χ0v) is 10.6. The van der Waals surface area contributed by atoms with E-state index in [2.05, 4.69) is 29.2 Å². The number of hydrogen-bond donors (Lipinski definition) is 0. The first-order chi connectivity index (χ1) is 7.77. The Bertz CT molecular complexity index is 346. The smallest absolute Gasteiger partial charge is 0.0463 e. The van der Waals surface area contributed by atoms with E-state index in [1.54, 1.807) is 6.26 Å². The molecule has 0 aromatic heterocycles. The Hall–Kier alpha value is -0.670. The first-order valence-electron chi connectivity index (χ1n) is 5.86. The third-order valence-electron chi connectivity index (χ3n) is 3.16. The highest BCUT2D eigenvalue weighted by molar-refractivity contribution is 7.84. The van der Waals surface area contributed by atoms with Gasteiger partial charge >= 0.3 is 0 Å². The molecule has 1 heterocycles. The predicted molar refractivity (Wildman–Crippen MR) is 68.9 cm³/mol. The topological polar surface area (TPSA) is 20.3 Å². The van der Waals surface area contributed by atoms with Gasteiger partial charge in [-0.05, 0) is 31.5 Å². The highest BCUT2D eigenvalue weighted by atomic mass is 32.2. The Morgan fingerprint density at radius 3 is 2.44 bits per heavy atom. The van der Waals surface area contributed by atoms with Gasteiger partial charge < -0.3 is 0 Å². The Labute approximate surface area is 100 Å². The minimum absolute atomic E-state index is 0.342. The van der Waals surface area contributed by atoms with Gasteiger partial charge in [-0.2, -0.15) is 0 Å². The van der Waals surface area contributed by atoms with Gasteiger partial charge in [-0.15, -0.1) is 0 Å². The molecule has 1 fully saturated rings. The van der Waals surface area contributed by atoms with Gasteiger partial charge in [-0.1, -0.05) is 30.3 Å². The van der Waals surface area contributed by atoms with Crippen molar-refractivity contribution in [3.8, 4) is 0 Å². The standard InChI is InChI=1S/C13H19NOS/c1-16(15)11-13(14-9-5-6-10-14)12-7-3-2-4-8-12/h2-4,7-8,13H,5-6,9-11H2,1H3/t13-,16-/m0/s1. The summed E-state index contributed by atoms with van der Waals surface area (Å²) in [6.45, 7) is 2.30. The van der Waals surface area contributed by atoms with E-state index in [9.17, 15) is 4.21 Å². The van der Waals surface area contributed by atoms with Crippen molar-refractivity contribution in [3.05, 3.63) is 35.9 Å². The first kappa shape index (κ1) is 11.8. The van der Waals surface area contributed by atoms with Gasteiger partial charge in [0.25, 0.3) is 0 Å². The largest absolute Gasteiger partial charge is 0.295 e. The summed E-state index contributed by atoms with van der Waals surface area (Å²) in [6, 6.07) is 10.8. The molecule has 0 unspecified atom stereocenters.